The first-order chi connectivity index (χ1) is 14.3. The minimum absolute atomic E-state index is 0.0252. The normalized spacial score (nSPS) is 11.5. The van der Waals surface area contributed by atoms with E-state index in [0.717, 1.165) is 6.07 Å². The van der Waals surface area contributed by atoms with Crippen molar-refractivity contribution in [2.24, 2.45) is 0 Å². The first kappa shape index (κ1) is 21.6. The van der Waals surface area contributed by atoms with Gasteiger partial charge in [-0.3, -0.25) is 9.59 Å². The smallest absolute Gasteiger partial charge is 0.265 e. The van der Waals surface area contributed by atoms with Crippen LogP contribution in [0.15, 0.2) is 66.7 Å². The van der Waals surface area contributed by atoms with E-state index in [0.29, 0.717) is 22.0 Å². The molecule has 3 aromatic rings. The van der Waals surface area contributed by atoms with Crippen molar-refractivity contribution in [3.05, 3.63) is 88.2 Å². The molecule has 0 heterocycles. The maximum absolute atomic E-state index is 13.8. The van der Waals surface area contributed by atoms with Gasteiger partial charge >= 0.3 is 0 Å². The van der Waals surface area contributed by atoms with E-state index in [4.69, 9.17) is 27.9 Å². The Labute approximate surface area is 182 Å². The predicted molar refractivity (Wildman–Crippen MR) is 116 cm³/mol. The van der Waals surface area contributed by atoms with Gasteiger partial charge in [0.1, 0.15) is 11.6 Å². The first-order valence-corrected chi connectivity index (χ1v) is 9.67. The van der Waals surface area contributed by atoms with E-state index in [9.17, 15) is 14.0 Å². The lowest BCUT2D eigenvalue weighted by Gasteiger charge is -2.15. The highest BCUT2D eigenvalue weighted by molar-refractivity contribution is 6.31. The Morgan fingerprint density at radius 3 is 2.17 bits per heavy atom. The SMILES string of the molecule is C[C@H](Oc1ccc(C(=O)Nc2ccc(Cl)cc2F)cc1)C(=O)Nc1ccc(Cl)cc1. The second-order valence-corrected chi connectivity index (χ2v) is 7.23. The summed E-state index contributed by atoms with van der Waals surface area (Å²) < 4.78 is 19.4. The van der Waals surface area contributed by atoms with Crippen LogP contribution in [0.25, 0.3) is 0 Å². The molecule has 2 amide bonds. The number of amides is 2. The lowest BCUT2D eigenvalue weighted by atomic mass is 10.2. The van der Waals surface area contributed by atoms with E-state index >= 15 is 0 Å². The Balaban J connectivity index is 1.58. The van der Waals surface area contributed by atoms with Crippen molar-refractivity contribution in [3.8, 4) is 5.75 Å². The third kappa shape index (κ3) is 5.72. The van der Waals surface area contributed by atoms with E-state index in [1.165, 1.54) is 24.3 Å². The second kappa shape index (κ2) is 9.61. The van der Waals surface area contributed by atoms with Crippen LogP contribution >= 0.6 is 23.2 Å². The van der Waals surface area contributed by atoms with Crippen LogP contribution in [-0.4, -0.2) is 17.9 Å². The number of carbonyl (C=O) groups excluding carboxylic acids is 2. The number of carbonyl (C=O) groups is 2. The van der Waals surface area contributed by atoms with Gasteiger partial charge in [0.25, 0.3) is 11.8 Å². The van der Waals surface area contributed by atoms with Crippen LogP contribution < -0.4 is 15.4 Å². The van der Waals surface area contributed by atoms with Gasteiger partial charge in [0, 0.05) is 21.3 Å². The first-order valence-electron chi connectivity index (χ1n) is 8.91. The van der Waals surface area contributed by atoms with Crippen LogP contribution in [0.2, 0.25) is 10.0 Å². The number of hydrogen-bond acceptors (Lipinski definition) is 3. The summed E-state index contributed by atoms with van der Waals surface area (Å²) >= 11 is 11.5. The number of hydrogen-bond donors (Lipinski definition) is 2. The molecule has 0 saturated carbocycles. The standard InChI is InChI=1S/C22H17Cl2FN2O3/c1-13(21(28)26-17-7-4-15(23)5-8-17)30-18-9-2-14(3-10-18)22(29)27-20-11-6-16(24)12-19(20)25/h2-13H,1H3,(H,26,28)(H,27,29)/t13-/m0/s1. The molecular weight excluding hydrogens is 430 g/mol. The number of benzene rings is 3. The molecule has 0 saturated heterocycles. The molecule has 0 aliphatic rings. The lowest BCUT2D eigenvalue weighted by molar-refractivity contribution is -0.122. The molecule has 1 atom stereocenters. The average molecular weight is 447 g/mol. The lowest BCUT2D eigenvalue weighted by Crippen LogP contribution is -2.30. The summed E-state index contributed by atoms with van der Waals surface area (Å²) in [5.41, 5.74) is 0.925. The van der Waals surface area contributed by atoms with Crippen molar-refractivity contribution in [2.75, 3.05) is 10.6 Å². The van der Waals surface area contributed by atoms with Crippen LogP contribution in [0.3, 0.4) is 0 Å². The van der Waals surface area contributed by atoms with Crippen molar-refractivity contribution < 1.29 is 18.7 Å². The second-order valence-electron chi connectivity index (χ2n) is 6.36. The predicted octanol–water partition coefficient (Wildman–Crippen LogP) is 5.79. The molecule has 0 aliphatic heterocycles. The molecule has 3 rings (SSSR count). The maximum atomic E-state index is 13.8. The summed E-state index contributed by atoms with van der Waals surface area (Å²) in [5.74, 6) is -1.05. The number of ether oxygens (including phenoxy) is 1. The number of nitrogens with one attached hydrogen (secondary N) is 2. The molecule has 5 nitrogen and oxygen atoms in total. The van der Waals surface area contributed by atoms with E-state index in [1.807, 2.05) is 0 Å². The highest BCUT2D eigenvalue weighted by atomic mass is 35.5. The fraction of sp³-hybridized carbons (Fsp3) is 0.0909. The summed E-state index contributed by atoms with van der Waals surface area (Å²) in [6.07, 6.45) is -0.775. The number of rotatable bonds is 6. The quantitative estimate of drug-likeness (QED) is 0.503. The van der Waals surface area contributed by atoms with Crippen molar-refractivity contribution >= 4 is 46.4 Å². The molecule has 0 unspecified atom stereocenters. The van der Waals surface area contributed by atoms with Crippen molar-refractivity contribution in [3.63, 3.8) is 0 Å². The Morgan fingerprint density at radius 2 is 1.53 bits per heavy atom. The van der Waals surface area contributed by atoms with Gasteiger partial charge in [-0.05, 0) is 73.7 Å². The summed E-state index contributed by atoms with van der Waals surface area (Å²) in [6.45, 7) is 1.61. The monoisotopic (exact) mass is 446 g/mol. The van der Waals surface area contributed by atoms with Crippen molar-refractivity contribution in [1.29, 1.82) is 0 Å². The molecule has 0 aliphatic carbocycles. The number of halogens is 3. The van der Waals surface area contributed by atoms with Gasteiger partial charge in [0.05, 0.1) is 5.69 Å². The summed E-state index contributed by atoms with van der Waals surface area (Å²) in [4.78, 5) is 24.6. The Bertz CT molecular complexity index is 1060. The van der Waals surface area contributed by atoms with Gasteiger partial charge in [-0.15, -0.1) is 0 Å². The van der Waals surface area contributed by atoms with Crippen LogP contribution in [0.1, 0.15) is 17.3 Å². The topological polar surface area (TPSA) is 67.4 Å². The average Bonchev–Trinajstić information content (AvgIpc) is 2.72. The van der Waals surface area contributed by atoms with Gasteiger partial charge in [-0.1, -0.05) is 23.2 Å². The Kier molecular flexibility index (Phi) is 6.92. The van der Waals surface area contributed by atoms with E-state index in [-0.39, 0.29) is 16.6 Å². The van der Waals surface area contributed by atoms with Gasteiger partial charge < -0.3 is 15.4 Å². The van der Waals surface area contributed by atoms with Crippen LogP contribution in [0, 0.1) is 5.82 Å². The molecular formula is C22H17Cl2FN2O3. The van der Waals surface area contributed by atoms with Crippen LogP contribution in [-0.2, 0) is 4.79 Å². The largest absolute Gasteiger partial charge is 0.481 e. The van der Waals surface area contributed by atoms with Crippen molar-refractivity contribution in [1.82, 2.24) is 0 Å². The molecule has 0 radical (unpaired) electrons. The third-order valence-electron chi connectivity index (χ3n) is 4.09. The summed E-state index contributed by atoms with van der Waals surface area (Å²) in [7, 11) is 0. The molecule has 0 aromatic heterocycles. The number of anilines is 2. The third-order valence-corrected chi connectivity index (χ3v) is 4.58. The highest BCUT2D eigenvalue weighted by Crippen LogP contribution is 2.21. The van der Waals surface area contributed by atoms with Gasteiger partial charge in [0.2, 0.25) is 0 Å². The van der Waals surface area contributed by atoms with Crippen molar-refractivity contribution in [2.45, 2.75) is 13.0 Å². The molecule has 8 heteroatoms. The molecule has 154 valence electrons. The fourth-order valence-corrected chi connectivity index (χ4v) is 2.79. The Hall–Kier alpha value is -3.09. The van der Waals surface area contributed by atoms with Crippen LogP contribution in [0.4, 0.5) is 15.8 Å². The molecule has 0 fully saturated rings. The van der Waals surface area contributed by atoms with Gasteiger partial charge in [-0.25, -0.2) is 4.39 Å². The summed E-state index contributed by atoms with van der Waals surface area (Å²) in [5, 5.41) is 6.01. The molecule has 30 heavy (non-hydrogen) atoms. The molecule has 0 spiro atoms. The fourth-order valence-electron chi connectivity index (χ4n) is 2.50. The van der Waals surface area contributed by atoms with E-state index < -0.39 is 17.8 Å². The molecule has 0 bridgehead atoms. The van der Waals surface area contributed by atoms with E-state index in [2.05, 4.69) is 10.6 Å². The van der Waals surface area contributed by atoms with Gasteiger partial charge in [0.15, 0.2) is 6.10 Å². The zero-order valence-corrected chi connectivity index (χ0v) is 17.3. The minimum Gasteiger partial charge on any atom is -0.481 e. The van der Waals surface area contributed by atoms with E-state index in [1.54, 1.807) is 43.3 Å². The molecule has 3 aromatic carbocycles. The molecule has 2 N–H and O–H groups in total. The van der Waals surface area contributed by atoms with Gasteiger partial charge in [-0.2, -0.15) is 0 Å². The summed E-state index contributed by atoms with van der Waals surface area (Å²) in [6, 6.07) is 16.8. The Morgan fingerprint density at radius 1 is 0.900 bits per heavy atom. The highest BCUT2D eigenvalue weighted by Gasteiger charge is 2.16. The zero-order chi connectivity index (χ0) is 21.7. The van der Waals surface area contributed by atoms with Crippen LogP contribution in [0.5, 0.6) is 5.75 Å². The minimum atomic E-state index is -0.775. The maximum Gasteiger partial charge on any atom is 0.265 e. The zero-order valence-electron chi connectivity index (χ0n) is 15.8.